The van der Waals surface area contributed by atoms with Gasteiger partial charge in [-0.05, 0) is 18.6 Å². The van der Waals surface area contributed by atoms with Crippen LogP contribution in [-0.4, -0.2) is 34.2 Å². The molecule has 2 aromatic rings. The van der Waals surface area contributed by atoms with E-state index in [0.29, 0.717) is 11.6 Å². The summed E-state index contributed by atoms with van der Waals surface area (Å²) in [5, 5.41) is 5.18. The Morgan fingerprint density at radius 3 is 2.91 bits per heavy atom. The van der Waals surface area contributed by atoms with Crippen LogP contribution in [0.2, 0.25) is 0 Å². The van der Waals surface area contributed by atoms with Gasteiger partial charge in [0.15, 0.2) is 0 Å². The lowest BCUT2D eigenvalue weighted by Gasteiger charge is -2.11. The van der Waals surface area contributed by atoms with E-state index in [1.54, 1.807) is 12.3 Å². The molecule has 0 aliphatic heterocycles. The normalized spacial score (nSPS) is 10.7. The Balaban J connectivity index is 1.88. The smallest absolute Gasteiger partial charge is 0.319 e. The molecule has 124 valence electrons. The van der Waals surface area contributed by atoms with Gasteiger partial charge in [0, 0.05) is 31.6 Å². The Morgan fingerprint density at radius 2 is 2.22 bits per heavy atom. The summed E-state index contributed by atoms with van der Waals surface area (Å²) < 4.78 is 31.1. The summed E-state index contributed by atoms with van der Waals surface area (Å²) in [5.74, 6) is 0.495. The van der Waals surface area contributed by atoms with Gasteiger partial charge in [-0.25, -0.2) is 14.8 Å². The van der Waals surface area contributed by atoms with Crippen LogP contribution in [0.4, 0.5) is 19.3 Å². The molecule has 23 heavy (non-hydrogen) atoms. The standard InChI is InChI=1S/C14H17F2N5O2/c1-9-7-10(12(23-2)19-8-9)20-14(22)18-4-3-11-17-5-6-21(11)13(15)16/h5-8,13H,3-4H2,1-2H3,(H2,18,20,22). The monoisotopic (exact) mass is 325 g/mol. The summed E-state index contributed by atoms with van der Waals surface area (Å²) in [4.78, 5) is 19.7. The van der Waals surface area contributed by atoms with Crippen LogP contribution in [0.15, 0.2) is 24.7 Å². The summed E-state index contributed by atoms with van der Waals surface area (Å²) in [6, 6.07) is 1.24. The molecular weight excluding hydrogens is 308 g/mol. The molecule has 2 aromatic heterocycles. The SMILES string of the molecule is COc1ncc(C)cc1NC(=O)NCCc1nccn1C(F)F. The molecule has 0 spiro atoms. The van der Waals surface area contributed by atoms with Crippen molar-refractivity contribution in [3.8, 4) is 5.88 Å². The maximum Gasteiger partial charge on any atom is 0.319 e. The number of alkyl halides is 2. The summed E-state index contributed by atoms with van der Waals surface area (Å²) in [6.07, 6.45) is 4.30. The summed E-state index contributed by atoms with van der Waals surface area (Å²) >= 11 is 0. The number of hydrogen-bond donors (Lipinski definition) is 2. The third kappa shape index (κ3) is 4.38. The van der Waals surface area contributed by atoms with Crippen molar-refractivity contribution in [1.82, 2.24) is 19.9 Å². The number of pyridine rings is 1. The van der Waals surface area contributed by atoms with Gasteiger partial charge in [0.25, 0.3) is 0 Å². The molecule has 0 saturated heterocycles. The Morgan fingerprint density at radius 1 is 1.43 bits per heavy atom. The number of anilines is 1. The van der Waals surface area contributed by atoms with Crippen molar-refractivity contribution >= 4 is 11.7 Å². The highest BCUT2D eigenvalue weighted by atomic mass is 19.3. The van der Waals surface area contributed by atoms with Gasteiger partial charge in [0.1, 0.15) is 11.5 Å². The zero-order valence-corrected chi connectivity index (χ0v) is 12.7. The molecule has 0 fully saturated rings. The molecular formula is C14H17F2N5O2. The highest BCUT2D eigenvalue weighted by molar-refractivity contribution is 5.90. The van der Waals surface area contributed by atoms with Gasteiger partial charge in [-0.15, -0.1) is 0 Å². The number of nitrogens with zero attached hydrogens (tertiary/aromatic N) is 3. The first-order valence-corrected chi connectivity index (χ1v) is 6.86. The number of aromatic nitrogens is 3. The summed E-state index contributed by atoms with van der Waals surface area (Å²) in [7, 11) is 1.45. The summed E-state index contributed by atoms with van der Waals surface area (Å²) in [6.45, 7) is -0.652. The van der Waals surface area contributed by atoms with Crippen LogP contribution >= 0.6 is 0 Å². The highest BCUT2D eigenvalue weighted by Crippen LogP contribution is 2.21. The fourth-order valence-electron chi connectivity index (χ4n) is 1.98. The molecule has 7 nitrogen and oxygen atoms in total. The number of carbonyl (C=O) groups excluding carboxylic acids is 1. The van der Waals surface area contributed by atoms with E-state index in [1.807, 2.05) is 6.92 Å². The largest absolute Gasteiger partial charge is 0.480 e. The average molecular weight is 325 g/mol. The predicted molar refractivity (Wildman–Crippen MR) is 79.7 cm³/mol. The van der Waals surface area contributed by atoms with E-state index in [2.05, 4.69) is 20.6 Å². The van der Waals surface area contributed by atoms with E-state index in [-0.39, 0.29) is 18.8 Å². The van der Waals surface area contributed by atoms with Gasteiger partial charge in [0.05, 0.1) is 7.11 Å². The van der Waals surface area contributed by atoms with Gasteiger partial charge in [0.2, 0.25) is 5.88 Å². The number of urea groups is 1. The van der Waals surface area contributed by atoms with E-state index in [4.69, 9.17) is 4.74 Å². The topological polar surface area (TPSA) is 81.1 Å². The quantitative estimate of drug-likeness (QED) is 0.854. The number of imidazole rings is 1. The van der Waals surface area contributed by atoms with Crippen molar-refractivity contribution in [2.75, 3.05) is 19.0 Å². The Kier molecular flexibility index (Phi) is 5.45. The molecule has 2 heterocycles. The number of hydrogen-bond acceptors (Lipinski definition) is 4. The minimum atomic E-state index is -2.65. The Hall–Kier alpha value is -2.71. The molecule has 9 heteroatoms. The number of methoxy groups -OCH3 is 1. The maximum atomic E-state index is 12.7. The van der Waals surface area contributed by atoms with Gasteiger partial charge in [-0.3, -0.25) is 4.57 Å². The van der Waals surface area contributed by atoms with Crippen LogP contribution in [0, 0.1) is 6.92 Å². The first kappa shape index (κ1) is 16.7. The average Bonchev–Trinajstić information content (AvgIpc) is 2.96. The van der Waals surface area contributed by atoms with Crippen LogP contribution in [0.3, 0.4) is 0 Å². The Labute approximate surface area is 131 Å². The van der Waals surface area contributed by atoms with E-state index in [0.717, 1.165) is 10.1 Å². The van der Waals surface area contributed by atoms with Crippen molar-refractivity contribution in [1.29, 1.82) is 0 Å². The number of nitrogens with one attached hydrogen (secondary N) is 2. The number of carbonyl (C=O) groups is 1. The maximum absolute atomic E-state index is 12.7. The van der Waals surface area contributed by atoms with Crippen molar-refractivity contribution < 1.29 is 18.3 Å². The van der Waals surface area contributed by atoms with Gasteiger partial charge < -0.3 is 15.4 Å². The zero-order chi connectivity index (χ0) is 16.8. The minimum absolute atomic E-state index is 0.164. The molecule has 0 bridgehead atoms. The molecule has 2 amide bonds. The second-order valence-electron chi connectivity index (χ2n) is 4.73. The second kappa shape index (κ2) is 7.52. The first-order chi connectivity index (χ1) is 11.0. The van der Waals surface area contributed by atoms with Gasteiger partial charge in [-0.1, -0.05) is 0 Å². The fourth-order valence-corrected chi connectivity index (χ4v) is 1.98. The molecule has 0 radical (unpaired) electrons. The fraction of sp³-hybridized carbons (Fsp3) is 0.357. The minimum Gasteiger partial charge on any atom is -0.480 e. The third-order valence-corrected chi connectivity index (χ3v) is 3.02. The highest BCUT2D eigenvalue weighted by Gasteiger charge is 2.12. The number of halogens is 2. The molecule has 0 atom stereocenters. The van der Waals surface area contributed by atoms with Crippen molar-refractivity contribution in [3.05, 3.63) is 36.0 Å². The van der Waals surface area contributed by atoms with Crippen LogP contribution < -0.4 is 15.4 Å². The van der Waals surface area contributed by atoms with Gasteiger partial charge >= 0.3 is 12.6 Å². The van der Waals surface area contributed by atoms with E-state index < -0.39 is 12.6 Å². The van der Waals surface area contributed by atoms with Crippen molar-refractivity contribution in [2.24, 2.45) is 0 Å². The lowest BCUT2D eigenvalue weighted by molar-refractivity contribution is 0.0670. The zero-order valence-electron chi connectivity index (χ0n) is 12.7. The number of ether oxygens (including phenoxy) is 1. The van der Waals surface area contributed by atoms with Crippen LogP contribution in [-0.2, 0) is 6.42 Å². The van der Waals surface area contributed by atoms with Crippen LogP contribution in [0.1, 0.15) is 17.9 Å². The lowest BCUT2D eigenvalue weighted by Crippen LogP contribution is -2.31. The van der Waals surface area contributed by atoms with Gasteiger partial charge in [-0.2, -0.15) is 8.78 Å². The lowest BCUT2D eigenvalue weighted by atomic mass is 10.3. The number of amides is 2. The Bertz CT molecular complexity index is 675. The number of rotatable bonds is 6. The third-order valence-electron chi connectivity index (χ3n) is 3.02. The molecule has 2 N–H and O–H groups in total. The van der Waals surface area contributed by atoms with Crippen molar-refractivity contribution in [3.63, 3.8) is 0 Å². The molecule has 0 unspecified atom stereocenters. The second-order valence-corrected chi connectivity index (χ2v) is 4.73. The van der Waals surface area contributed by atoms with Crippen LogP contribution in [0.25, 0.3) is 0 Å². The summed E-state index contributed by atoms with van der Waals surface area (Å²) in [5.41, 5.74) is 1.29. The van der Waals surface area contributed by atoms with E-state index in [1.165, 1.54) is 19.5 Å². The van der Waals surface area contributed by atoms with E-state index >= 15 is 0 Å². The number of aryl methyl sites for hydroxylation is 1. The van der Waals surface area contributed by atoms with Crippen molar-refractivity contribution in [2.45, 2.75) is 19.9 Å². The predicted octanol–water partition coefficient (Wildman–Crippen LogP) is 2.35. The molecule has 2 rings (SSSR count). The molecule has 0 saturated carbocycles. The molecule has 0 aliphatic carbocycles. The van der Waals surface area contributed by atoms with Crippen LogP contribution in [0.5, 0.6) is 5.88 Å². The first-order valence-electron chi connectivity index (χ1n) is 6.86. The van der Waals surface area contributed by atoms with E-state index in [9.17, 15) is 13.6 Å². The molecule has 0 aliphatic rings. The molecule has 0 aromatic carbocycles.